The summed E-state index contributed by atoms with van der Waals surface area (Å²) in [6.07, 6.45) is -0.0864. The zero-order valence-electron chi connectivity index (χ0n) is 11.5. The number of azo groups is 1. The number of nitrogens with zero attached hydrogens (tertiary/aromatic N) is 3. The van der Waals surface area contributed by atoms with Crippen molar-refractivity contribution >= 4 is 17.3 Å². The van der Waals surface area contributed by atoms with Crippen LogP contribution in [0.25, 0.3) is 0 Å². The molecule has 0 radical (unpaired) electrons. The lowest BCUT2D eigenvalue weighted by Crippen LogP contribution is -2.26. The van der Waals surface area contributed by atoms with Crippen LogP contribution < -0.4 is 4.74 Å². The number of ether oxygens (including phenoxy) is 1. The van der Waals surface area contributed by atoms with Gasteiger partial charge in [0.25, 0.3) is 0 Å². The number of rotatable bonds is 5. The Hall–Kier alpha value is -1.49. The molecule has 1 aromatic carbocycles. The first-order chi connectivity index (χ1) is 9.11. The summed E-state index contributed by atoms with van der Waals surface area (Å²) in [7, 11) is 0. The molecule has 1 atom stereocenters. The van der Waals surface area contributed by atoms with Crippen LogP contribution in [0.4, 0.5) is 0 Å². The predicted octanol–water partition coefficient (Wildman–Crippen LogP) is 3.79. The van der Waals surface area contributed by atoms with Crippen LogP contribution in [0.3, 0.4) is 0 Å². The molecule has 0 spiro atoms. The molecular weight excluding hydrogens is 258 g/mol. The van der Waals surface area contributed by atoms with Gasteiger partial charge in [0.05, 0.1) is 6.61 Å². The monoisotopic (exact) mass is 277 g/mol. The highest BCUT2D eigenvalue weighted by Gasteiger charge is 2.26. The highest BCUT2D eigenvalue weighted by atomic mass is 32.1. The molecule has 0 aromatic heterocycles. The molecule has 2 rings (SSSR count). The van der Waals surface area contributed by atoms with E-state index in [1.165, 1.54) is 0 Å². The summed E-state index contributed by atoms with van der Waals surface area (Å²) in [4.78, 5) is 2.00. The maximum Gasteiger partial charge on any atom is 0.218 e. The minimum Gasteiger partial charge on any atom is -0.493 e. The van der Waals surface area contributed by atoms with Crippen molar-refractivity contribution < 1.29 is 4.74 Å². The number of benzene rings is 1. The largest absolute Gasteiger partial charge is 0.493 e. The zero-order chi connectivity index (χ0) is 13.8. The fourth-order valence-corrected chi connectivity index (χ4v) is 2.16. The van der Waals surface area contributed by atoms with Crippen molar-refractivity contribution in [2.24, 2.45) is 16.1 Å². The molecule has 19 heavy (non-hydrogen) atoms. The first-order valence-corrected chi connectivity index (χ1v) is 6.97. The molecule has 0 fully saturated rings. The van der Waals surface area contributed by atoms with Crippen molar-refractivity contribution in [3.05, 3.63) is 29.8 Å². The van der Waals surface area contributed by atoms with E-state index < -0.39 is 0 Å². The van der Waals surface area contributed by atoms with E-state index in [4.69, 9.17) is 17.0 Å². The molecule has 102 valence electrons. The lowest BCUT2D eigenvalue weighted by atomic mass is 10.1. The van der Waals surface area contributed by atoms with Gasteiger partial charge in [-0.05, 0) is 42.8 Å². The number of thiocarbonyl (C=S) groups is 1. The Morgan fingerprint density at radius 3 is 2.58 bits per heavy atom. The Kier molecular flexibility index (Phi) is 4.47. The van der Waals surface area contributed by atoms with Crippen LogP contribution in [0.5, 0.6) is 5.75 Å². The molecule has 0 saturated carbocycles. The summed E-state index contributed by atoms with van der Waals surface area (Å²) in [6.45, 7) is 7.85. The first-order valence-electron chi connectivity index (χ1n) is 6.56. The van der Waals surface area contributed by atoms with E-state index in [1.807, 2.05) is 29.2 Å². The van der Waals surface area contributed by atoms with Gasteiger partial charge in [0, 0.05) is 6.54 Å². The van der Waals surface area contributed by atoms with Gasteiger partial charge in [0.15, 0.2) is 6.17 Å². The van der Waals surface area contributed by atoms with Gasteiger partial charge in [-0.15, -0.1) is 5.11 Å². The van der Waals surface area contributed by atoms with Crippen molar-refractivity contribution in [2.75, 3.05) is 13.2 Å². The Bertz CT molecular complexity index is 470. The van der Waals surface area contributed by atoms with Gasteiger partial charge in [-0.3, -0.25) is 0 Å². The van der Waals surface area contributed by atoms with Crippen molar-refractivity contribution in [1.29, 1.82) is 0 Å². The molecular formula is C14H19N3OS. The van der Waals surface area contributed by atoms with Crippen LogP contribution >= 0.6 is 12.2 Å². The van der Waals surface area contributed by atoms with Gasteiger partial charge in [-0.1, -0.05) is 26.0 Å². The van der Waals surface area contributed by atoms with Crippen LogP contribution in [0.2, 0.25) is 0 Å². The van der Waals surface area contributed by atoms with Crippen molar-refractivity contribution in [1.82, 2.24) is 4.90 Å². The smallest absolute Gasteiger partial charge is 0.218 e. The van der Waals surface area contributed by atoms with Crippen LogP contribution in [0, 0.1) is 5.92 Å². The summed E-state index contributed by atoms with van der Waals surface area (Å²) in [5, 5.41) is 8.75. The average Bonchev–Trinajstić information content (AvgIpc) is 2.78. The van der Waals surface area contributed by atoms with Gasteiger partial charge in [0.1, 0.15) is 5.75 Å². The first kappa shape index (κ1) is 13.9. The van der Waals surface area contributed by atoms with Gasteiger partial charge >= 0.3 is 0 Å². The lowest BCUT2D eigenvalue weighted by molar-refractivity contribution is 0.271. The summed E-state index contributed by atoms with van der Waals surface area (Å²) < 4.78 is 5.67. The molecule has 1 heterocycles. The third-order valence-corrected chi connectivity index (χ3v) is 3.21. The number of hydrogen-bond donors (Lipinski definition) is 0. The Morgan fingerprint density at radius 1 is 1.32 bits per heavy atom. The standard InChI is InChI=1S/C14H19N3OS/c1-4-17-13(15-16-14(17)19)11-5-7-12(8-6-11)18-9-10(2)3/h5-8,10,13H,4,9H2,1-3H3. The topological polar surface area (TPSA) is 37.2 Å². The minimum absolute atomic E-state index is 0.0864. The highest BCUT2D eigenvalue weighted by molar-refractivity contribution is 7.80. The van der Waals surface area contributed by atoms with Crippen molar-refractivity contribution in [3.63, 3.8) is 0 Å². The number of hydrogen-bond acceptors (Lipinski definition) is 3. The molecule has 0 bridgehead atoms. The molecule has 0 aliphatic carbocycles. The van der Waals surface area contributed by atoms with Crippen LogP contribution in [-0.4, -0.2) is 23.2 Å². The Labute approximate surface area is 119 Å². The highest BCUT2D eigenvalue weighted by Crippen LogP contribution is 2.29. The SMILES string of the molecule is CCN1C(=S)N=NC1c1ccc(OCC(C)C)cc1. The predicted molar refractivity (Wildman–Crippen MR) is 79.4 cm³/mol. The maximum atomic E-state index is 5.67. The summed E-state index contributed by atoms with van der Waals surface area (Å²) >= 11 is 5.15. The lowest BCUT2D eigenvalue weighted by Gasteiger charge is -2.21. The van der Waals surface area contributed by atoms with Gasteiger partial charge in [-0.2, -0.15) is 5.11 Å². The molecule has 1 aromatic rings. The van der Waals surface area contributed by atoms with Crippen molar-refractivity contribution in [3.8, 4) is 5.75 Å². The Balaban J connectivity index is 2.06. The Morgan fingerprint density at radius 2 is 2.00 bits per heavy atom. The fraction of sp³-hybridized carbons (Fsp3) is 0.500. The second-order valence-electron chi connectivity index (χ2n) is 4.93. The van der Waals surface area contributed by atoms with Crippen molar-refractivity contribution in [2.45, 2.75) is 26.9 Å². The van der Waals surface area contributed by atoms with Crippen LogP contribution in [0.15, 0.2) is 34.5 Å². The van der Waals surface area contributed by atoms with E-state index in [9.17, 15) is 0 Å². The van der Waals surface area contributed by atoms with E-state index in [-0.39, 0.29) is 6.17 Å². The summed E-state index contributed by atoms with van der Waals surface area (Å²) in [5.41, 5.74) is 1.09. The van der Waals surface area contributed by atoms with Gasteiger partial charge in [-0.25, -0.2) is 0 Å². The zero-order valence-corrected chi connectivity index (χ0v) is 12.4. The van der Waals surface area contributed by atoms with Crippen LogP contribution in [0.1, 0.15) is 32.5 Å². The molecule has 1 unspecified atom stereocenters. The van der Waals surface area contributed by atoms with Gasteiger partial charge in [0.2, 0.25) is 5.11 Å². The molecule has 0 N–H and O–H groups in total. The summed E-state index contributed by atoms with van der Waals surface area (Å²) in [6, 6.07) is 8.00. The maximum absolute atomic E-state index is 5.67. The third-order valence-electron chi connectivity index (χ3n) is 2.90. The fourth-order valence-electron chi connectivity index (χ4n) is 1.88. The van der Waals surface area contributed by atoms with E-state index in [0.29, 0.717) is 11.0 Å². The molecule has 5 heteroatoms. The molecule has 1 aliphatic rings. The van der Waals surface area contributed by atoms with E-state index in [0.717, 1.165) is 24.5 Å². The molecule has 1 aliphatic heterocycles. The normalized spacial score (nSPS) is 18.4. The second-order valence-corrected chi connectivity index (χ2v) is 5.30. The molecule has 0 amide bonds. The van der Waals surface area contributed by atoms with E-state index >= 15 is 0 Å². The molecule has 4 nitrogen and oxygen atoms in total. The molecule has 0 saturated heterocycles. The van der Waals surface area contributed by atoms with Crippen LogP contribution in [-0.2, 0) is 0 Å². The van der Waals surface area contributed by atoms with E-state index in [1.54, 1.807) is 0 Å². The third kappa shape index (κ3) is 3.29. The second kappa shape index (κ2) is 6.10. The van der Waals surface area contributed by atoms with Gasteiger partial charge < -0.3 is 9.64 Å². The van der Waals surface area contributed by atoms with E-state index in [2.05, 4.69) is 31.0 Å². The summed E-state index contributed by atoms with van der Waals surface area (Å²) in [5.74, 6) is 1.41. The average molecular weight is 277 g/mol. The quantitative estimate of drug-likeness (QED) is 0.768. The minimum atomic E-state index is -0.0864.